The molecule has 0 atom stereocenters. The van der Waals surface area contributed by atoms with Crippen LogP contribution < -0.4 is 5.56 Å². The van der Waals surface area contributed by atoms with Gasteiger partial charge in [-0.3, -0.25) is 9.89 Å². The van der Waals surface area contributed by atoms with Crippen LogP contribution in [-0.4, -0.2) is 20.0 Å². The van der Waals surface area contributed by atoms with E-state index in [4.69, 9.17) is 5.11 Å². The summed E-state index contributed by atoms with van der Waals surface area (Å²) >= 11 is 0. The molecule has 0 aliphatic heterocycles. The van der Waals surface area contributed by atoms with Gasteiger partial charge in [-0.25, -0.2) is 4.68 Å². The van der Waals surface area contributed by atoms with Gasteiger partial charge in [-0.05, 0) is 20.8 Å². The predicted molar refractivity (Wildman–Crippen MR) is 47.6 cm³/mol. The highest BCUT2D eigenvalue weighted by Gasteiger charge is 2.21. The molecule has 1 heterocycles. The molecular weight excluding hydrogens is 172 g/mol. The molecule has 5 heteroatoms. The average Bonchev–Trinajstić information content (AvgIpc) is 2.25. The van der Waals surface area contributed by atoms with Crippen molar-refractivity contribution in [3.05, 3.63) is 15.9 Å². The fourth-order valence-corrected chi connectivity index (χ4v) is 1.09. The molecule has 0 radical (unpaired) electrons. The van der Waals surface area contributed by atoms with Gasteiger partial charge in [0.1, 0.15) is 5.56 Å². The largest absolute Gasteiger partial charge is 0.493 e. The monoisotopic (exact) mass is 186 g/mol. The van der Waals surface area contributed by atoms with Crippen LogP contribution >= 0.6 is 0 Å². The molecule has 0 amide bonds. The van der Waals surface area contributed by atoms with Gasteiger partial charge in [0.2, 0.25) is 5.88 Å². The number of aliphatic hydroxyl groups is 1. The third-order valence-corrected chi connectivity index (χ3v) is 1.80. The summed E-state index contributed by atoms with van der Waals surface area (Å²) in [5.41, 5.74) is -0.846. The number of nitrogens with one attached hydrogen (secondary N) is 1. The lowest BCUT2D eigenvalue weighted by Gasteiger charge is -2.20. The second kappa shape index (κ2) is 2.92. The first-order chi connectivity index (χ1) is 5.88. The number of rotatable bonds is 1. The van der Waals surface area contributed by atoms with Gasteiger partial charge in [0.25, 0.3) is 5.56 Å². The van der Waals surface area contributed by atoms with E-state index in [2.05, 4.69) is 5.10 Å². The summed E-state index contributed by atoms with van der Waals surface area (Å²) < 4.78 is 1.33. The molecule has 1 rings (SSSR count). The SMILES string of the molecule is CC(C)(C)n1[nH]c(=O)c(CO)c1O. The molecular formula is C8H14N2O3. The molecule has 1 aromatic heterocycles. The Bertz CT molecular complexity index is 356. The first kappa shape index (κ1) is 9.85. The Labute approximate surface area is 75.6 Å². The number of hydrogen-bond donors (Lipinski definition) is 3. The van der Waals surface area contributed by atoms with Crippen LogP contribution in [0.5, 0.6) is 5.88 Å². The van der Waals surface area contributed by atoms with Crippen molar-refractivity contribution in [3.63, 3.8) is 0 Å². The lowest BCUT2D eigenvalue weighted by Crippen LogP contribution is -2.24. The van der Waals surface area contributed by atoms with E-state index >= 15 is 0 Å². The molecule has 13 heavy (non-hydrogen) atoms. The Morgan fingerprint density at radius 3 is 2.23 bits per heavy atom. The van der Waals surface area contributed by atoms with Crippen LogP contribution in [0.25, 0.3) is 0 Å². The zero-order valence-corrected chi connectivity index (χ0v) is 7.96. The molecule has 74 valence electrons. The minimum atomic E-state index is -0.454. The van der Waals surface area contributed by atoms with Gasteiger partial charge in [-0.2, -0.15) is 0 Å². The molecule has 0 spiro atoms. The summed E-state index contributed by atoms with van der Waals surface area (Å²) in [6, 6.07) is 0. The summed E-state index contributed by atoms with van der Waals surface area (Å²) in [7, 11) is 0. The standard InChI is InChI=1S/C8H14N2O3/c1-8(2,3)10-7(13)5(4-11)6(12)9-10/h11,13H,4H2,1-3H3,(H,9,12). The van der Waals surface area contributed by atoms with Crippen LogP contribution in [0.15, 0.2) is 4.79 Å². The maximum Gasteiger partial charge on any atom is 0.273 e. The number of hydrogen-bond acceptors (Lipinski definition) is 3. The number of aromatic amines is 1. The van der Waals surface area contributed by atoms with Gasteiger partial charge < -0.3 is 10.2 Å². The van der Waals surface area contributed by atoms with Crippen molar-refractivity contribution < 1.29 is 10.2 Å². The summed E-state index contributed by atoms with van der Waals surface area (Å²) in [6.45, 7) is 5.06. The molecule has 0 aliphatic rings. The van der Waals surface area contributed by atoms with Crippen LogP contribution in [-0.2, 0) is 12.1 Å². The van der Waals surface area contributed by atoms with Gasteiger partial charge in [-0.1, -0.05) is 0 Å². The van der Waals surface area contributed by atoms with Gasteiger partial charge in [0.15, 0.2) is 0 Å². The average molecular weight is 186 g/mol. The van der Waals surface area contributed by atoms with Gasteiger partial charge >= 0.3 is 0 Å². The third-order valence-electron chi connectivity index (χ3n) is 1.80. The third kappa shape index (κ3) is 1.60. The molecule has 0 unspecified atom stereocenters. The van der Waals surface area contributed by atoms with E-state index in [1.165, 1.54) is 4.68 Å². The Hall–Kier alpha value is -1.23. The first-order valence-corrected chi connectivity index (χ1v) is 4.02. The van der Waals surface area contributed by atoms with Crippen LogP contribution in [0.4, 0.5) is 0 Å². The Kier molecular flexibility index (Phi) is 2.21. The van der Waals surface area contributed by atoms with Crippen molar-refractivity contribution in [2.75, 3.05) is 0 Å². The summed E-state index contributed by atoms with van der Waals surface area (Å²) in [6.07, 6.45) is 0. The summed E-state index contributed by atoms with van der Waals surface area (Å²) in [5, 5.41) is 20.8. The number of nitrogens with zero attached hydrogens (tertiary/aromatic N) is 1. The van der Waals surface area contributed by atoms with E-state index in [-0.39, 0.29) is 11.4 Å². The Balaban J connectivity index is 3.35. The van der Waals surface area contributed by atoms with E-state index in [1.807, 2.05) is 20.8 Å². The zero-order chi connectivity index (χ0) is 10.2. The van der Waals surface area contributed by atoms with Crippen molar-refractivity contribution in [1.82, 2.24) is 9.78 Å². The topological polar surface area (TPSA) is 78.2 Å². The van der Waals surface area contributed by atoms with Crippen molar-refractivity contribution in [2.45, 2.75) is 32.9 Å². The van der Waals surface area contributed by atoms with E-state index in [0.717, 1.165) is 0 Å². The summed E-state index contributed by atoms with van der Waals surface area (Å²) in [5.74, 6) is -0.194. The fourth-order valence-electron chi connectivity index (χ4n) is 1.09. The Morgan fingerprint density at radius 1 is 1.46 bits per heavy atom. The zero-order valence-electron chi connectivity index (χ0n) is 7.96. The normalized spacial score (nSPS) is 12.0. The highest BCUT2D eigenvalue weighted by molar-refractivity contribution is 5.22. The predicted octanol–water partition coefficient (Wildman–Crippen LogP) is 0.129. The number of H-pyrrole nitrogens is 1. The first-order valence-electron chi connectivity index (χ1n) is 4.02. The van der Waals surface area contributed by atoms with Gasteiger partial charge in [-0.15, -0.1) is 0 Å². The molecule has 0 aromatic carbocycles. The van der Waals surface area contributed by atoms with Gasteiger partial charge in [0, 0.05) is 0 Å². The van der Waals surface area contributed by atoms with Crippen LogP contribution in [0.1, 0.15) is 26.3 Å². The molecule has 0 saturated carbocycles. The van der Waals surface area contributed by atoms with Gasteiger partial charge in [0.05, 0.1) is 12.1 Å². The highest BCUT2D eigenvalue weighted by atomic mass is 16.3. The lowest BCUT2D eigenvalue weighted by atomic mass is 10.1. The van der Waals surface area contributed by atoms with Crippen molar-refractivity contribution in [3.8, 4) is 5.88 Å². The van der Waals surface area contributed by atoms with E-state index in [1.54, 1.807) is 0 Å². The molecule has 0 bridgehead atoms. The second-order valence-corrected chi connectivity index (χ2v) is 3.91. The molecule has 0 aliphatic carbocycles. The quantitative estimate of drug-likeness (QED) is 0.583. The smallest absolute Gasteiger partial charge is 0.273 e. The number of aliphatic hydroxyl groups excluding tert-OH is 1. The van der Waals surface area contributed by atoms with E-state index in [0.29, 0.717) is 0 Å². The number of aromatic nitrogens is 2. The molecule has 0 saturated heterocycles. The fraction of sp³-hybridized carbons (Fsp3) is 0.625. The van der Waals surface area contributed by atoms with Crippen LogP contribution in [0.2, 0.25) is 0 Å². The maximum atomic E-state index is 11.1. The lowest BCUT2D eigenvalue weighted by molar-refractivity contribution is 0.262. The van der Waals surface area contributed by atoms with E-state index in [9.17, 15) is 9.90 Å². The molecule has 0 fully saturated rings. The highest BCUT2D eigenvalue weighted by Crippen LogP contribution is 2.21. The second-order valence-electron chi connectivity index (χ2n) is 3.91. The van der Waals surface area contributed by atoms with Crippen molar-refractivity contribution >= 4 is 0 Å². The van der Waals surface area contributed by atoms with Crippen LogP contribution in [0, 0.1) is 0 Å². The van der Waals surface area contributed by atoms with E-state index < -0.39 is 17.7 Å². The minimum absolute atomic E-state index is 0.00919. The molecule has 3 N–H and O–H groups in total. The molecule has 1 aromatic rings. The number of aromatic hydroxyl groups is 1. The van der Waals surface area contributed by atoms with Crippen LogP contribution in [0.3, 0.4) is 0 Å². The van der Waals surface area contributed by atoms with Crippen molar-refractivity contribution in [1.29, 1.82) is 0 Å². The Morgan fingerprint density at radius 2 is 2.00 bits per heavy atom. The maximum absolute atomic E-state index is 11.1. The summed E-state index contributed by atoms with van der Waals surface area (Å²) in [4.78, 5) is 11.1. The molecule has 5 nitrogen and oxygen atoms in total. The van der Waals surface area contributed by atoms with Crippen molar-refractivity contribution in [2.24, 2.45) is 0 Å². The minimum Gasteiger partial charge on any atom is -0.493 e.